The van der Waals surface area contributed by atoms with Crippen molar-refractivity contribution in [1.82, 2.24) is 9.21 Å². The first-order chi connectivity index (χ1) is 12.8. The van der Waals surface area contributed by atoms with E-state index in [4.69, 9.17) is 9.47 Å². The summed E-state index contributed by atoms with van der Waals surface area (Å²) < 4.78 is 38.7. The lowest BCUT2D eigenvalue weighted by Gasteiger charge is -2.34. The molecular weight excluding hydrogens is 368 g/mol. The number of piperidine rings is 1. The molecule has 0 bridgehead atoms. The van der Waals surface area contributed by atoms with Gasteiger partial charge in [-0.25, -0.2) is 8.42 Å². The number of ether oxygens (including phenoxy) is 2. The second-order valence-corrected chi connectivity index (χ2v) is 9.23. The summed E-state index contributed by atoms with van der Waals surface area (Å²) in [7, 11) is -2.22. The van der Waals surface area contributed by atoms with Crippen LogP contribution >= 0.6 is 0 Å². The number of benzene rings is 1. The van der Waals surface area contributed by atoms with Crippen LogP contribution in [0.3, 0.4) is 0 Å². The summed E-state index contributed by atoms with van der Waals surface area (Å²) in [5, 5.41) is 0. The number of methoxy groups -OCH3 is 1. The van der Waals surface area contributed by atoms with E-state index in [1.807, 2.05) is 13.8 Å². The van der Waals surface area contributed by atoms with Crippen molar-refractivity contribution in [3.8, 4) is 5.75 Å². The van der Waals surface area contributed by atoms with Crippen molar-refractivity contribution in [2.75, 3.05) is 33.3 Å². The third-order valence-electron chi connectivity index (χ3n) is 5.07. The number of carbonyl (C=O) groups is 1. The maximum atomic E-state index is 13.1. The minimum absolute atomic E-state index is 0.116. The fourth-order valence-corrected chi connectivity index (χ4v) is 5.38. The van der Waals surface area contributed by atoms with Crippen LogP contribution < -0.4 is 4.74 Å². The van der Waals surface area contributed by atoms with Crippen molar-refractivity contribution >= 4 is 15.9 Å². The number of rotatable bonds is 4. The Labute approximate surface area is 161 Å². The number of carbonyl (C=O) groups excluding carboxylic acids is 1. The minimum Gasteiger partial charge on any atom is -0.496 e. The Morgan fingerprint density at radius 2 is 1.74 bits per heavy atom. The van der Waals surface area contributed by atoms with Gasteiger partial charge < -0.3 is 14.4 Å². The lowest BCUT2D eigenvalue weighted by atomic mass is 10.1. The van der Waals surface area contributed by atoms with E-state index in [-0.39, 0.29) is 23.0 Å². The molecule has 0 aromatic heterocycles. The molecule has 1 amide bonds. The number of hydrogen-bond donors (Lipinski definition) is 0. The van der Waals surface area contributed by atoms with Crippen molar-refractivity contribution < 1.29 is 22.7 Å². The van der Waals surface area contributed by atoms with Crippen molar-refractivity contribution in [3.05, 3.63) is 23.8 Å². The summed E-state index contributed by atoms with van der Waals surface area (Å²) in [5.74, 6) is 0.223. The molecule has 1 aromatic rings. The zero-order valence-corrected chi connectivity index (χ0v) is 17.0. The standard InChI is InChI=1S/C19H28N2O5S/c1-14-12-21(13-15(2)26-14)27(23,24)16-7-8-18(25-3)17(11-16)19(22)20-9-5-4-6-10-20/h7-8,11,14-15H,4-6,9-10,12-13H2,1-3H3/t14-,15+. The van der Waals surface area contributed by atoms with Gasteiger partial charge in [0.2, 0.25) is 10.0 Å². The maximum absolute atomic E-state index is 13.1. The topological polar surface area (TPSA) is 76.1 Å². The monoisotopic (exact) mass is 396 g/mol. The molecule has 8 heteroatoms. The zero-order valence-electron chi connectivity index (χ0n) is 16.2. The van der Waals surface area contributed by atoms with Gasteiger partial charge >= 0.3 is 0 Å². The molecule has 27 heavy (non-hydrogen) atoms. The van der Waals surface area contributed by atoms with Crippen molar-refractivity contribution in [2.24, 2.45) is 0 Å². The number of morpholine rings is 1. The molecule has 7 nitrogen and oxygen atoms in total. The van der Waals surface area contributed by atoms with E-state index in [0.29, 0.717) is 37.5 Å². The van der Waals surface area contributed by atoms with Gasteiger partial charge in [-0.2, -0.15) is 4.31 Å². The van der Waals surface area contributed by atoms with Gasteiger partial charge in [0, 0.05) is 26.2 Å². The van der Waals surface area contributed by atoms with Gasteiger partial charge in [0.1, 0.15) is 5.75 Å². The summed E-state index contributed by atoms with van der Waals surface area (Å²) >= 11 is 0. The van der Waals surface area contributed by atoms with Crippen LogP contribution in [-0.4, -0.2) is 69.0 Å². The number of amides is 1. The molecule has 2 aliphatic rings. The molecule has 0 unspecified atom stereocenters. The lowest BCUT2D eigenvalue weighted by molar-refractivity contribution is -0.0440. The fraction of sp³-hybridized carbons (Fsp3) is 0.632. The molecule has 2 aliphatic heterocycles. The summed E-state index contributed by atoms with van der Waals surface area (Å²) in [4.78, 5) is 14.8. The normalized spacial score (nSPS) is 24.6. The van der Waals surface area contributed by atoms with Crippen LogP contribution in [0.5, 0.6) is 5.75 Å². The highest BCUT2D eigenvalue weighted by Gasteiger charge is 2.33. The van der Waals surface area contributed by atoms with Crippen LogP contribution in [0, 0.1) is 0 Å². The third kappa shape index (κ3) is 4.28. The molecule has 2 saturated heterocycles. The molecule has 0 aliphatic carbocycles. The van der Waals surface area contributed by atoms with Crippen molar-refractivity contribution in [3.63, 3.8) is 0 Å². The van der Waals surface area contributed by atoms with Crippen LogP contribution in [0.25, 0.3) is 0 Å². The lowest BCUT2D eigenvalue weighted by Crippen LogP contribution is -2.48. The average Bonchev–Trinajstić information content (AvgIpc) is 2.66. The molecule has 0 N–H and O–H groups in total. The molecular formula is C19H28N2O5S. The highest BCUT2D eigenvalue weighted by molar-refractivity contribution is 7.89. The van der Waals surface area contributed by atoms with E-state index in [0.717, 1.165) is 19.3 Å². The fourth-order valence-electron chi connectivity index (χ4n) is 3.76. The number of likely N-dealkylation sites (tertiary alicyclic amines) is 1. The van der Waals surface area contributed by atoms with Gasteiger partial charge in [0.25, 0.3) is 5.91 Å². The predicted molar refractivity (Wildman–Crippen MR) is 102 cm³/mol. The first kappa shape index (κ1) is 20.1. The quantitative estimate of drug-likeness (QED) is 0.779. The van der Waals surface area contributed by atoms with Crippen LogP contribution in [0.1, 0.15) is 43.5 Å². The summed E-state index contributed by atoms with van der Waals surface area (Å²) in [6, 6.07) is 4.53. The average molecular weight is 397 g/mol. The molecule has 0 saturated carbocycles. The maximum Gasteiger partial charge on any atom is 0.257 e. The van der Waals surface area contributed by atoms with Gasteiger partial charge in [-0.15, -0.1) is 0 Å². The van der Waals surface area contributed by atoms with E-state index in [9.17, 15) is 13.2 Å². The van der Waals surface area contributed by atoms with E-state index in [1.165, 1.54) is 23.5 Å². The summed E-state index contributed by atoms with van der Waals surface area (Å²) in [6.07, 6.45) is 2.71. The third-order valence-corrected chi connectivity index (χ3v) is 6.90. The first-order valence-electron chi connectivity index (χ1n) is 9.46. The van der Waals surface area contributed by atoms with E-state index < -0.39 is 10.0 Å². The number of hydrogen-bond acceptors (Lipinski definition) is 5. The predicted octanol–water partition coefficient (Wildman–Crippen LogP) is 2.12. The Kier molecular flexibility index (Phi) is 6.08. The number of sulfonamides is 1. The highest BCUT2D eigenvalue weighted by Crippen LogP contribution is 2.28. The van der Waals surface area contributed by atoms with Gasteiger partial charge in [-0.3, -0.25) is 4.79 Å². The molecule has 2 atom stereocenters. The summed E-state index contributed by atoms with van der Waals surface area (Å²) in [5.41, 5.74) is 0.301. The molecule has 2 heterocycles. The van der Waals surface area contributed by atoms with Crippen LogP contribution in [-0.2, 0) is 14.8 Å². The van der Waals surface area contributed by atoms with E-state index in [2.05, 4.69) is 0 Å². The Balaban J connectivity index is 1.93. The molecule has 0 spiro atoms. The van der Waals surface area contributed by atoms with Gasteiger partial charge in [0.15, 0.2) is 0 Å². The van der Waals surface area contributed by atoms with Gasteiger partial charge in [-0.05, 0) is 51.3 Å². The number of nitrogens with zero attached hydrogens (tertiary/aromatic N) is 2. The summed E-state index contributed by atoms with van der Waals surface area (Å²) in [6.45, 7) is 5.70. The van der Waals surface area contributed by atoms with Crippen LogP contribution in [0.4, 0.5) is 0 Å². The van der Waals surface area contributed by atoms with Crippen LogP contribution in [0.15, 0.2) is 23.1 Å². The van der Waals surface area contributed by atoms with Gasteiger partial charge in [0.05, 0.1) is 29.8 Å². The van der Waals surface area contributed by atoms with Crippen molar-refractivity contribution in [2.45, 2.75) is 50.2 Å². The van der Waals surface area contributed by atoms with E-state index >= 15 is 0 Å². The second kappa shape index (κ2) is 8.16. The Morgan fingerprint density at radius 3 is 2.33 bits per heavy atom. The minimum atomic E-state index is -3.71. The molecule has 1 aromatic carbocycles. The van der Waals surface area contributed by atoms with E-state index in [1.54, 1.807) is 11.0 Å². The smallest absolute Gasteiger partial charge is 0.257 e. The molecule has 3 rings (SSSR count). The highest BCUT2D eigenvalue weighted by atomic mass is 32.2. The second-order valence-electron chi connectivity index (χ2n) is 7.29. The zero-order chi connectivity index (χ0) is 19.6. The Hall–Kier alpha value is -1.64. The van der Waals surface area contributed by atoms with Gasteiger partial charge in [-0.1, -0.05) is 0 Å². The molecule has 0 radical (unpaired) electrons. The first-order valence-corrected chi connectivity index (χ1v) is 10.9. The Morgan fingerprint density at radius 1 is 1.11 bits per heavy atom. The van der Waals surface area contributed by atoms with Crippen molar-refractivity contribution in [1.29, 1.82) is 0 Å². The molecule has 150 valence electrons. The molecule has 2 fully saturated rings. The van der Waals surface area contributed by atoms with Crippen LogP contribution in [0.2, 0.25) is 0 Å². The Bertz CT molecular complexity index is 779. The largest absolute Gasteiger partial charge is 0.496 e. The SMILES string of the molecule is COc1ccc(S(=O)(=O)N2C[C@@H](C)O[C@@H](C)C2)cc1C(=O)N1CCCCC1.